The Morgan fingerprint density at radius 1 is 1.37 bits per heavy atom. The fourth-order valence-corrected chi connectivity index (χ4v) is 2.97. The predicted octanol–water partition coefficient (Wildman–Crippen LogP) is 2.91. The van der Waals surface area contributed by atoms with E-state index in [1.54, 1.807) is 20.2 Å². The van der Waals surface area contributed by atoms with Crippen molar-refractivity contribution in [2.45, 2.75) is 31.9 Å². The average molecular weight is 490 g/mol. The second-order valence-electron chi connectivity index (χ2n) is 6.22. The zero-order chi connectivity index (χ0) is 18.8. The van der Waals surface area contributed by atoms with Gasteiger partial charge in [-0.3, -0.25) is 4.99 Å². The molecule has 1 heterocycles. The van der Waals surface area contributed by atoms with Crippen LogP contribution in [-0.2, 0) is 16.0 Å². The number of ether oxygens (including phenoxy) is 2. The van der Waals surface area contributed by atoms with Crippen LogP contribution in [0.25, 0.3) is 0 Å². The van der Waals surface area contributed by atoms with Crippen molar-refractivity contribution in [1.82, 2.24) is 10.2 Å². The molecular weight excluding hydrogens is 462 g/mol. The largest absolute Gasteiger partial charge is 0.385 e. The summed E-state index contributed by atoms with van der Waals surface area (Å²) in [7, 11) is 3.41. The van der Waals surface area contributed by atoms with Crippen molar-refractivity contribution >= 4 is 29.9 Å². The molecule has 1 aliphatic heterocycles. The fourth-order valence-electron chi connectivity index (χ4n) is 2.97. The number of nitrogens with zero attached hydrogens (tertiary/aromatic N) is 3. The Kier molecular flexibility index (Phi) is 11.2. The van der Waals surface area contributed by atoms with E-state index in [1.807, 2.05) is 6.07 Å². The highest BCUT2D eigenvalue weighted by Crippen LogP contribution is 2.15. The van der Waals surface area contributed by atoms with E-state index in [4.69, 9.17) is 14.7 Å². The summed E-state index contributed by atoms with van der Waals surface area (Å²) in [6.45, 7) is 3.42. The van der Waals surface area contributed by atoms with Crippen molar-refractivity contribution in [3.05, 3.63) is 35.1 Å². The minimum absolute atomic E-state index is 0. The van der Waals surface area contributed by atoms with Gasteiger partial charge in [0.05, 0.1) is 17.7 Å². The molecule has 2 rings (SSSR count). The smallest absolute Gasteiger partial charge is 0.193 e. The van der Waals surface area contributed by atoms with E-state index in [2.05, 4.69) is 15.2 Å². The molecule has 1 aromatic carbocycles. The van der Waals surface area contributed by atoms with Crippen LogP contribution in [-0.4, -0.2) is 57.4 Å². The number of methoxy groups -OCH3 is 1. The third-order valence-electron chi connectivity index (χ3n) is 4.41. The molecule has 6 nitrogen and oxygen atoms in total. The normalized spacial score (nSPS) is 15.2. The minimum Gasteiger partial charge on any atom is -0.385 e. The van der Waals surface area contributed by atoms with Gasteiger partial charge >= 0.3 is 0 Å². The van der Waals surface area contributed by atoms with Crippen molar-refractivity contribution in [3.63, 3.8) is 0 Å². The molecule has 1 saturated heterocycles. The Bertz CT molecular complexity index is 643. The molecule has 0 aromatic heterocycles. The Balaban J connectivity index is 0.00000364. The highest BCUT2D eigenvalue weighted by molar-refractivity contribution is 14.0. The summed E-state index contributed by atoms with van der Waals surface area (Å²) < 4.78 is 24.8. The molecule has 27 heavy (non-hydrogen) atoms. The first kappa shape index (κ1) is 23.6. The van der Waals surface area contributed by atoms with Gasteiger partial charge < -0.3 is 19.7 Å². The molecule has 0 radical (unpaired) electrons. The van der Waals surface area contributed by atoms with Crippen LogP contribution < -0.4 is 5.32 Å². The van der Waals surface area contributed by atoms with E-state index in [0.717, 1.165) is 51.5 Å². The van der Waals surface area contributed by atoms with Gasteiger partial charge in [0.25, 0.3) is 0 Å². The van der Waals surface area contributed by atoms with Gasteiger partial charge in [0.2, 0.25) is 0 Å². The molecule has 0 saturated carbocycles. The van der Waals surface area contributed by atoms with Gasteiger partial charge in [0.1, 0.15) is 5.82 Å². The highest BCUT2D eigenvalue weighted by Gasteiger charge is 2.22. The third-order valence-corrected chi connectivity index (χ3v) is 4.41. The van der Waals surface area contributed by atoms with Crippen LogP contribution in [0.2, 0.25) is 0 Å². The summed E-state index contributed by atoms with van der Waals surface area (Å²) in [6, 6.07) is 6.40. The van der Waals surface area contributed by atoms with Gasteiger partial charge in [-0.25, -0.2) is 4.39 Å². The number of hydrogen-bond acceptors (Lipinski definition) is 4. The predicted molar refractivity (Wildman–Crippen MR) is 114 cm³/mol. The molecular formula is C19H28FIN4O2. The van der Waals surface area contributed by atoms with Crippen LogP contribution in [0.15, 0.2) is 23.2 Å². The molecule has 8 heteroatoms. The zero-order valence-corrected chi connectivity index (χ0v) is 18.2. The van der Waals surface area contributed by atoms with Gasteiger partial charge in [-0.05, 0) is 37.5 Å². The van der Waals surface area contributed by atoms with Gasteiger partial charge in [0.15, 0.2) is 5.96 Å². The van der Waals surface area contributed by atoms with Crippen molar-refractivity contribution < 1.29 is 13.9 Å². The van der Waals surface area contributed by atoms with Gasteiger partial charge in [0, 0.05) is 52.6 Å². The van der Waals surface area contributed by atoms with Crippen molar-refractivity contribution in [3.8, 4) is 6.07 Å². The number of piperidine rings is 1. The minimum atomic E-state index is -0.324. The molecule has 1 N–H and O–H groups in total. The summed E-state index contributed by atoms with van der Waals surface area (Å²) in [4.78, 5) is 6.45. The Morgan fingerprint density at radius 3 is 2.74 bits per heavy atom. The van der Waals surface area contributed by atoms with Gasteiger partial charge in [-0.2, -0.15) is 5.26 Å². The van der Waals surface area contributed by atoms with Crippen molar-refractivity contribution in [2.75, 3.05) is 40.5 Å². The van der Waals surface area contributed by atoms with E-state index < -0.39 is 0 Å². The monoisotopic (exact) mass is 490 g/mol. The number of likely N-dealkylation sites (tertiary alicyclic amines) is 1. The van der Waals surface area contributed by atoms with Crippen LogP contribution >= 0.6 is 24.0 Å². The van der Waals surface area contributed by atoms with E-state index in [0.29, 0.717) is 17.7 Å². The van der Waals surface area contributed by atoms with Crippen molar-refractivity contribution in [2.24, 2.45) is 4.99 Å². The number of guanidine groups is 1. The lowest BCUT2D eigenvalue weighted by Gasteiger charge is -2.34. The fraction of sp³-hybridized carbons (Fsp3) is 0.579. The summed E-state index contributed by atoms with van der Waals surface area (Å²) in [5.74, 6) is 0.416. The van der Waals surface area contributed by atoms with Crippen LogP contribution in [0.3, 0.4) is 0 Å². The maximum Gasteiger partial charge on any atom is 0.193 e. The molecule has 1 aliphatic rings. The lowest BCUT2D eigenvalue weighted by molar-refractivity contribution is 0.00989. The summed E-state index contributed by atoms with van der Waals surface area (Å²) in [6.07, 6.45) is 3.05. The number of halogens is 2. The molecule has 0 unspecified atom stereocenters. The zero-order valence-electron chi connectivity index (χ0n) is 15.9. The number of hydrogen-bond donors (Lipinski definition) is 1. The SMILES string of the molecule is CN=C(NCc1cc(C#N)ccc1F)N1CCC(OCCCOC)CC1.I. The summed E-state index contributed by atoms with van der Waals surface area (Å²) in [5.41, 5.74) is 0.909. The molecule has 0 amide bonds. The third kappa shape index (κ3) is 7.60. The number of rotatable bonds is 7. The second-order valence-corrected chi connectivity index (χ2v) is 6.22. The Morgan fingerprint density at radius 2 is 2.11 bits per heavy atom. The molecule has 1 aromatic rings. The van der Waals surface area contributed by atoms with Crippen LogP contribution in [0.1, 0.15) is 30.4 Å². The van der Waals surface area contributed by atoms with Gasteiger partial charge in [-0.1, -0.05) is 0 Å². The van der Waals surface area contributed by atoms with E-state index in [-0.39, 0.29) is 35.9 Å². The van der Waals surface area contributed by atoms with Gasteiger partial charge in [-0.15, -0.1) is 24.0 Å². The summed E-state index contributed by atoms with van der Waals surface area (Å²) in [5, 5.41) is 12.1. The maximum atomic E-state index is 13.9. The molecule has 0 spiro atoms. The Labute approximate surface area is 177 Å². The highest BCUT2D eigenvalue weighted by atomic mass is 127. The van der Waals surface area contributed by atoms with Crippen LogP contribution in [0, 0.1) is 17.1 Å². The average Bonchev–Trinajstić information content (AvgIpc) is 2.68. The Hall–Kier alpha value is -1.44. The number of nitrogens with one attached hydrogen (secondary N) is 1. The molecule has 150 valence electrons. The first-order chi connectivity index (χ1) is 12.7. The molecule has 0 bridgehead atoms. The summed E-state index contributed by atoms with van der Waals surface area (Å²) >= 11 is 0. The van der Waals surface area contributed by atoms with Crippen molar-refractivity contribution in [1.29, 1.82) is 5.26 Å². The standard InChI is InChI=1S/C19H27FN4O2.HI/c1-22-19(23-14-16-12-15(13-21)4-5-18(16)20)24-8-6-17(7-9-24)26-11-3-10-25-2;/h4-5,12,17H,3,6-11,14H2,1-2H3,(H,22,23);1H. The maximum absolute atomic E-state index is 13.9. The molecule has 0 atom stereocenters. The first-order valence-electron chi connectivity index (χ1n) is 8.92. The van der Waals surface area contributed by atoms with Crippen LogP contribution in [0.4, 0.5) is 4.39 Å². The number of benzene rings is 1. The topological polar surface area (TPSA) is 69.9 Å². The number of nitriles is 1. The first-order valence-corrected chi connectivity index (χ1v) is 8.92. The lowest BCUT2D eigenvalue weighted by Crippen LogP contribution is -2.46. The molecule has 0 aliphatic carbocycles. The van der Waals surface area contributed by atoms with E-state index >= 15 is 0 Å². The van der Waals surface area contributed by atoms with E-state index in [9.17, 15) is 4.39 Å². The lowest BCUT2D eigenvalue weighted by atomic mass is 10.1. The van der Waals surface area contributed by atoms with Crippen LogP contribution in [0.5, 0.6) is 0 Å². The van der Waals surface area contributed by atoms with E-state index in [1.165, 1.54) is 12.1 Å². The second kappa shape index (κ2) is 12.9. The number of aliphatic imine (C=N–C) groups is 1. The molecule has 1 fully saturated rings. The quantitative estimate of drug-likeness (QED) is 0.276.